The zero-order valence-corrected chi connectivity index (χ0v) is 12.3. The average Bonchev–Trinajstić information content (AvgIpc) is 2.75. The molecule has 19 heavy (non-hydrogen) atoms. The lowest BCUT2D eigenvalue weighted by atomic mass is 10.1. The van der Waals surface area contributed by atoms with E-state index < -0.39 is 0 Å². The molecule has 4 heteroatoms. The van der Waals surface area contributed by atoms with Crippen molar-refractivity contribution >= 4 is 17.0 Å². The van der Waals surface area contributed by atoms with Crippen molar-refractivity contribution in [3.63, 3.8) is 0 Å². The van der Waals surface area contributed by atoms with Gasteiger partial charge in [-0.3, -0.25) is 0 Å². The lowest BCUT2D eigenvalue weighted by molar-refractivity contribution is 0.184. The van der Waals surface area contributed by atoms with E-state index in [1.807, 2.05) is 12.1 Å². The molecule has 0 fully saturated rings. The second kappa shape index (κ2) is 6.68. The Labute approximate surface area is 118 Å². The topological polar surface area (TPSA) is 48.1 Å². The van der Waals surface area contributed by atoms with Gasteiger partial charge in [0.2, 0.25) is 0 Å². The van der Waals surface area contributed by atoms with Gasteiger partial charge in [0.05, 0.1) is 12.3 Å². The average molecular weight is 276 g/mol. The van der Waals surface area contributed by atoms with Gasteiger partial charge in [-0.05, 0) is 24.1 Å². The predicted octanol–water partition coefficient (Wildman–Crippen LogP) is 3.42. The second-order valence-electron chi connectivity index (χ2n) is 4.58. The Balaban J connectivity index is 2.19. The van der Waals surface area contributed by atoms with Crippen molar-refractivity contribution in [3.8, 4) is 0 Å². The van der Waals surface area contributed by atoms with Gasteiger partial charge in [0.15, 0.2) is 0 Å². The van der Waals surface area contributed by atoms with E-state index in [0.717, 1.165) is 30.0 Å². The number of benzene rings is 1. The molecule has 1 aromatic carbocycles. The smallest absolute Gasteiger partial charge is 0.119 e. The fraction of sp³-hybridized carbons (Fsp3) is 0.400. The van der Waals surface area contributed by atoms with Gasteiger partial charge < -0.3 is 10.5 Å². The summed E-state index contributed by atoms with van der Waals surface area (Å²) in [6, 6.07) is 8.07. The molecule has 0 aliphatic carbocycles. The number of nitrogens with zero attached hydrogens (tertiary/aromatic N) is 1. The minimum atomic E-state index is 0.600. The third kappa shape index (κ3) is 3.78. The molecular formula is C15H20N2OS. The minimum Gasteiger partial charge on any atom is -0.399 e. The number of ether oxygens (including phenoxy) is 1. The summed E-state index contributed by atoms with van der Waals surface area (Å²) in [5.74, 6) is 0. The van der Waals surface area contributed by atoms with E-state index in [4.69, 9.17) is 10.5 Å². The number of aryl methyl sites for hydroxylation is 1. The highest BCUT2D eigenvalue weighted by molar-refractivity contribution is 7.11. The Morgan fingerprint density at radius 1 is 1.26 bits per heavy atom. The SMILES string of the molecule is CCCc1nc(COC)sc1Cc1ccc(N)cc1. The quantitative estimate of drug-likeness (QED) is 0.822. The van der Waals surface area contributed by atoms with E-state index in [-0.39, 0.29) is 0 Å². The van der Waals surface area contributed by atoms with Gasteiger partial charge in [-0.25, -0.2) is 4.98 Å². The van der Waals surface area contributed by atoms with E-state index in [0.29, 0.717) is 6.61 Å². The number of thiazole rings is 1. The maximum atomic E-state index is 5.72. The van der Waals surface area contributed by atoms with Crippen LogP contribution >= 0.6 is 11.3 Å². The Kier molecular flexibility index (Phi) is 4.93. The Morgan fingerprint density at radius 2 is 2.00 bits per heavy atom. The number of rotatable bonds is 6. The van der Waals surface area contributed by atoms with E-state index in [1.54, 1.807) is 18.4 Å². The van der Waals surface area contributed by atoms with Crippen molar-refractivity contribution in [2.24, 2.45) is 0 Å². The molecular weight excluding hydrogens is 256 g/mol. The summed E-state index contributed by atoms with van der Waals surface area (Å²) >= 11 is 1.76. The van der Waals surface area contributed by atoms with Gasteiger partial charge in [0.1, 0.15) is 5.01 Å². The summed E-state index contributed by atoms with van der Waals surface area (Å²) in [5.41, 5.74) is 9.02. The van der Waals surface area contributed by atoms with Crippen LogP contribution in [0.4, 0.5) is 5.69 Å². The third-order valence-corrected chi connectivity index (χ3v) is 3.99. The molecule has 1 heterocycles. The van der Waals surface area contributed by atoms with Gasteiger partial charge >= 0.3 is 0 Å². The summed E-state index contributed by atoms with van der Waals surface area (Å²) in [5, 5.41) is 1.07. The number of hydrogen-bond donors (Lipinski definition) is 1. The van der Waals surface area contributed by atoms with E-state index in [1.165, 1.54) is 16.1 Å². The summed E-state index contributed by atoms with van der Waals surface area (Å²) in [7, 11) is 1.71. The molecule has 0 atom stereocenters. The van der Waals surface area contributed by atoms with Crippen LogP contribution in [0.15, 0.2) is 24.3 Å². The van der Waals surface area contributed by atoms with Crippen LogP contribution in [0, 0.1) is 0 Å². The molecule has 2 rings (SSSR count). The largest absolute Gasteiger partial charge is 0.399 e. The zero-order chi connectivity index (χ0) is 13.7. The fourth-order valence-electron chi connectivity index (χ4n) is 2.01. The number of nitrogens with two attached hydrogens (primary N) is 1. The molecule has 0 aliphatic heterocycles. The molecule has 0 aliphatic rings. The molecule has 0 amide bonds. The van der Waals surface area contributed by atoms with E-state index >= 15 is 0 Å². The highest BCUT2D eigenvalue weighted by atomic mass is 32.1. The molecule has 2 N–H and O–H groups in total. The van der Waals surface area contributed by atoms with Crippen LogP contribution in [0.3, 0.4) is 0 Å². The first-order valence-corrected chi connectivity index (χ1v) is 7.35. The van der Waals surface area contributed by atoms with Crippen LogP contribution in [0.1, 0.15) is 34.5 Å². The molecule has 1 aromatic heterocycles. The van der Waals surface area contributed by atoms with Crippen molar-refractivity contribution in [1.82, 2.24) is 4.98 Å². The van der Waals surface area contributed by atoms with Gasteiger partial charge in [-0.2, -0.15) is 0 Å². The molecule has 0 bridgehead atoms. The van der Waals surface area contributed by atoms with Crippen molar-refractivity contribution in [1.29, 1.82) is 0 Å². The van der Waals surface area contributed by atoms with Crippen molar-refractivity contribution in [3.05, 3.63) is 45.4 Å². The fourth-order valence-corrected chi connectivity index (χ4v) is 3.13. The van der Waals surface area contributed by atoms with Crippen LogP contribution < -0.4 is 5.73 Å². The van der Waals surface area contributed by atoms with Crippen LogP contribution in [-0.4, -0.2) is 12.1 Å². The Morgan fingerprint density at radius 3 is 2.63 bits per heavy atom. The van der Waals surface area contributed by atoms with Gasteiger partial charge in [-0.1, -0.05) is 25.5 Å². The standard InChI is InChI=1S/C15H20N2OS/c1-3-4-13-14(19-15(17-13)10-18-2)9-11-5-7-12(16)8-6-11/h5-8H,3-4,9-10,16H2,1-2H3. The van der Waals surface area contributed by atoms with Crippen LogP contribution in [0.5, 0.6) is 0 Å². The zero-order valence-electron chi connectivity index (χ0n) is 11.5. The van der Waals surface area contributed by atoms with Gasteiger partial charge in [0, 0.05) is 24.1 Å². The lowest BCUT2D eigenvalue weighted by Gasteiger charge is -2.02. The number of anilines is 1. The first-order chi connectivity index (χ1) is 9.22. The first kappa shape index (κ1) is 14.0. The summed E-state index contributed by atoms with van der Waals surface area (Å²) in [6.07, 6.45) is 3.08. The highest BCUT2D eigenvalue weighted by Gasteiger charge is 2.11. The molecule has 0 saturated carbocycles. The molecule has 0 radical (unpaired) electrons. The minimum absolute atomic E-state index is 0.600. The number of nitrogen functional groups attached to an aromatic ring is 1. The molecule has 3 nitrogen and oxygen atoms in total. The van der Waals surface area contributed by atoms with E-state index in [9.17, 15) is 0 Å². The van der Waals surface area contributed by atoms with Crippen molar-refractivity contribution in [2.75, 3.05) is 12.8 Å². The molecule has 0 unspecified atom stereocenters. The van der Waals surface area contributed by atoms with Crippen LogP contribution in [-0.2, 0) is 24.2 Å². The Hall–Kier alpha value is -1.39. The van der Waals surface area contributed by atoms with Gasteiger partial charge in [-0.15, -0.1) is 11.3 Å². The van der Waals surface area contributed by atoms with Crippen molar-refractivity contribution < 1.29 is 4.74 Å². The predicted molar refractivity (Wildman–Crippen MR) is 80.5 cm³/mol. The van der Waals surface area contributed by atoms with E-state index in [2.05, 4.69) is 24.0 Å². The van der Waals surface area contributed by atoms with Crippen LogP contribution in [0.25, 0.3) is 0 Å². The van der Waals surface area contributed by atoms with Crippen molar-refractivity contribution in [2.45, 2.75) is 32.8 Å². The van der Waals surface area contributed by atoms with Gasteiger partial charge in [0.25, 0.3) is 0 Å². The maximum Gasteiger partial charge on any atom is 0.119 e. The summed E-state index contributed by atoms with van der Waals surface area (Å²) < 4.78 is 5.17. The highest BCUT2D eigenvalue weighted by Crippen LogP contribution is 2.24. The molecule has 2 aromatic rings. The molecule has 0 spiro atoms. The second-order valence-corrected chi connectivity index (χ2v) is 5.75. The summed E-state index contributed by atoms with van der Waals surface area (Å²) in [4.78, 5) is 6.02. The first-order valence-electron chi connectivity index (χ1n) is 6.53. The maximum absolute atomic E-state index is 5.72. The molecule has 0 saturated heterocycles. The Bertz CT molecular complexity index is 519. The lowest BCUT2D eigenvalue weighted by Crippen LogP contribution is -1.93. The third-order valence-electron chi connectivity index (χ3n) is 2.92. The summed E-state index contributed by atoms with van der Waals surface area (Å²) in [6.45, 7) is 2.78. The van der Waals surface area contributed by atoms with Crippen LogP contribution in [0.2, 0.25) is 0 Å². The monoisotopic (exact) mass is 276 g/mol. The normalized spacial score (nSPS) is 10.8. The number of aromatic nitrogens is 1. The number of hydrogen-bond acceptors (Lipinski definition) is 4. The molecule has 102 valence electrons. The number of methoxy groups -OCH3 is 1.